The summed E-state index contributed by atoms with van der Waals surface area (Å²) in [6.07, 6.45) is 1.41. The highest BCUT2D eigenvalue weighted by atomic mass is 32.2. The first-order chi connectivity index (χ1) is 15.9. The molecule has 9 nitrogen and oxygen atoms in total. The fourth-order valence-electron chi connectivity index (χ4n) is 3.96. The zero-order valence-electron chi connectivity index (χ0n) is 18.5. The molecule has 0 saturated carbocycles. The number of aryl methyl sites for hydroxylation is 1. The minimum Gasteiger partial charge on any atom is -0.593 e. The molecule has 2 aliphatic rings. The smallest absolute Gasteiger partial charge is 0.276 e. The maximum Gasteiger partial charge on any atom is 0.276 e. The highest BCUT2D eigenvalue weighted by Crippen LogP contribution is 2.35. The molecule has 3 unspecified atom stereocenters. The van der Waals surface area contributed by atoms with Gasteiger partial charge in [-0.15, -0.1) is 4.72 Å². The quantitative estimate of drug-likeness (QED) is 0.469. The second-order valence-electron chi connectivity index (χ2n) is 8.46. The average molecular weight is 521 g/mol. The van der Waals surface area contributed by atoms with E-state index in [2.05, 4.69) is 10.0 Å². The Morgan fingerprint density at radius 3 is 2.53 bits per heavy atom. The van der Waals surface area contributed by atoms with Gasteiger partial charge < -0.3 is 19.2 Å². The number of nitrogens with one attached hydrogen (secondary N) is 2. The molecule has 0 aliphatic carbocycles. The predicted molar refractivity (Wildman–Crippen MR) is 118 cm³/mol. The summed E-state index contributed by atoms with van der Waals surface area (Å²) < 4.78 is 90.0. The minimum absolute atomic E-state index is 0.00231. The van der Waals surface area contributed by atoms with Crippen LogP contribution in [-0.4, -0.2) is 58.7 Å². The van der Waals surface area contributed by atoms with Crippen LogP contribution >= 0.6 is 0 Å². The number of ether oxygens (including phenoxy) is 1. The summed E-state index contributed by atoms with van der Waals surface area (Å²) in [4.78, 5) is 13.1. The Bertz CT molecular complexity index is 1210. The summed E-state index contributed by atoms with van der Waals surface area (Å²) in [5.74, 6) is -5.75. The van der Waals surface area contributed by atoms with Crippen LogP contribution in [0.1, 0.15) is 24.3 Å². The summed E-state index contributed by atoms with van der Waals surface area (Å²) in [5, 5.41) is 1.67. The van der Waals surface area contributed by atoms with E-state index in [9.17, 15) is 30.9 Å². The van der Waals surface area contributed by atoms with Crippen LogP contribution in [0.3, 0.4) is 0 Å². The number of carbonyl (C=O) groups is 1. The number of halogens is 3. The van der Waals surface area contributed by atoms with E-state index in [0.29, 0.717) is 12.1 Å². The third-order valence-electron chi connectivity index (χ3n) is 5.82. The number of anilines is 1. The van der Waals surface area contributed by atoms with Gasteiger partial charge in [0, 0.05) is 43.9 Å². The lowest BCUT2D eigenvalue weighted by atomic mass is 10.1. The van der Waals surface area contributed by atoms with Crippen molar-refractivity contribution >= 4 is 33.0 Å². The monoisotopic (exact) mass is 520 g/mol. The van der Waals surface area contributed by atoms with Gasteiger partial charge in [0.25, 0.3) is 5.91 Å². The molecule has 3 atom stereocenters. The SMILES string of the molecule is CC(C)S(=O)(=O)N1CC2COc3c(cn(C)c3C(=O)Nc3cc(F)c(F)c(F)c3)[S+]([O-])NC2C1. The van der Waals surface area contributed by atoms with E-state index in [1.807, 2.05) is 0 Å². The molecule has 34 heavy (non-hydrogen) atoms. The topological polar surface area (TPSA) is 116 Å². The second-order valence-corrected chi connectivity index (χ2v) is 12.2. The fourth-order valence-corrected chi connectivity index (χ4v) is 6.57. The molecule has 1 aromatic carbocycles. The molecule has 4 rings (SSSR count). The number of hydrogen-bond acceptors (Lipinski definition) is 6. The lowest BCUT2D eigenvalue weighted by Gasteiger charge is -2.24. The van der Waals surface area contributed by atoms with Gasteiger partial charge in [0.1, 0.15) is 0 Å². The van der Waals surface area contributed by atoms with Crippen molar-refractivity contribution in [2.75, 3.05) is 25.0 Å². The first-order valence-corrected chi connectivity index (χ1v) is 13.0. The number of aromatic nitrogens is 1. The van der Waals surface area contributed by atoms with Gasteiger partial charge in [-0.05, 0) is 13.8 Å². The maximum absolute atomic E-state index is 13.5. The number of nitrogens with zero attached hydrogens (tertiary/aromatic N) is 2. The molecule has 186 valence electrons. The first-order valence-electron chi connectivity index (χ1n) is 10.3. The van der Waals surface area contributed by atoms with E-state index in [-0.39, 0.29) is 47.6 Å². The lowest BCUT2D eigenvalue weighted by molar-refractivity contribution is 0.101. The van der Waals surface area contributed by atoms with Gasteiger partial charge in [0.05, 0.1) is 35.5 Å². The van der Waals surface area contributed by atoms with Gasteiger partial charge in [0.15, 0.2) is 23.1 Å². The Labute approximate surface area is 197 Å². The van der Waals surface area contributed by atoms with E-state index < -0.39 is 56.0 Å². The summed E-state index contributed by atoms with van der Waals surface area (Å²) in [6, 6.07) is 0.845. The van der Waals surface area contributed by atoms with Crippen molar-refractivity contribution in [1.82, 2.24) is 13.6 Å². The molecular weight excluding hydrogens is 497 g/mol. The average Bonchev–Trinajstić information content (AvgIpc) is 3.29. The molecule has 1 fully saturated rings. The van der Waals surface area contributed by atoms with Crippen molar-refractivity contribution < 1.29 is 35.7 Å². The highest BCUT2D eigenvalue weighted by Gasteiger charge is 2.45. The van der Waals surface area contributed by atoms with Gasteiger partial charge in [0.2, 0.25) is 20.7 Å². The van der Waals surface area contributed by atoms with Gasteiger partial charge in [-0.25, -0.2) is 21.6 Å². The van der Waals surface area contributed by atoms with Crippen molar-refractivity contribution in [3.05, 3.63) is 41.5 Å². The molecule has 1 saturated heterocycles. The molecule has 0 spiro atoms. The molecule has 0 radical (unpaired) electrons. The van der Waals surface area contributed by atoms with E-state index in [4.69, 9.17) is 4.74 Å². The molecule has 0 bridgehead atoms. The number of rotatable bonds is 4. The predicted octanol–water partition coefficient (Wildman–Crippen LogP) is 1.74. The van der Waals surface area contributed by atoms with Crippen LogP contribution in [-0.2, 0) is 28.4 Å². The van der Waals surface area contributed by atoms with Crippen LogP contribution in [0, 0.1) is 23.4 Å². The van der Waals surface area contributed by atoms with E-state index in [1.165, 1.54) is 22.1 Å². The van der Waals surface area contributed by atoms with Crippen LogP contribution in [0.2, 0.25) is 0 Å². The van der Waals surface area contributed by atoms with Gasteiger partial charge in [-0.1, -0.05) is 0 Å². The molecular formula is C20H23F3N4O5S2. The molecule has 1 aromatic heterocycles. The first kappa shape index (κ1) is 24.9. The largest absolute Gasteiger partial charge is 0.593 e. The van der Waals surface area contributed by atoms with Crippen LogP contribution in [0.5, 0.6) is 5.75 Å². The standard InChI is InChI=1S/C20H23F3N4O5S2/c1-10(2)34(30,31)27-6-11-9-32-19-16(33(29)25-15(11)7-27)8-26(3)18(19)20(28)24-12-4-13(21)17(23)14(22)5-12/h4-5,8,10-11,15,25H,6-7,9H2,1-3H3,(H,24,28). The highest BCUT2D eigenvalue weighted by molar-refractivity contribution is 7.90. The molecule has 2 aromatic rings. The number of fused-ring (bicyclic) bond motifs is 2. The summed E-state index contributed by atoms with van der Waals surface area (Å²) in [5.41, 5.74) is -0.384. The Balaban J connectivity index is 1.59. The van der Waals surface area contributed by atoms with Crippen LogP contribution in [0.15, 0.2) is 23.2 Å². The van der Waals surface area contributed by atoms with E-state index in [0.717, 1.165) is 0 Å². The minimum atomic E-state index is -3.52. The van der Waals surface area contributed by atoms with Gasteiger partial charge >= 0.3 is 0 Å². The summed E-state index contributed by atoms with van der Waals surface area (Å²) in [6.45, 7) is 3.50. The zero-order chi connectivity index (χ0) is 24.9. The van der Waals surface area contributed by atoms with Crippen molar-refractivity contribution in [2.45, 2.75) is 30.0 Å². The summed E-state index contributed by atoms with van der Waals surface area (Å²) >= 11 is -1.84. The summed E-state index contributed by atoms with van der Waals surface area (Å²) in [7, 11) is -2.02. The van der Waals surface area contributed by atoms with Crippen molar-refractivity contribution in [3.63, 3.8) is 0 Å². The molecule has 2 N–H and O–H groups in total. The van der Waals surface area contributed by atoms with Gasteiger partial charge in [-0.3, -0.25) is 4.79 Å². The lowest BCUT2D eigenvalue weighted by Crippen LogP contribution is -2.44. The van der Waals surface area contributed by atoms with Crippen molar-refractivity contribution in [1.29, 1.82) is 0 Å². The fraction of sp³-hybridized carbons (Fsp3) is 0.450. The second kappa shape index (κ2) is 9.07. The van der Waals surface area contributed by atoms with Crippen molar-refractivity contribution in [3.8, 4) is 5.75 Å². The number of carbonyl (C=O) groups excluding carboxylic acids is 1. The Morgan fingerprint density at radius 1 is 1.26 bits per heavy atom. The maximum atomic E-state index is 13.5. The van der Waals surface area contributed by atoms with Crippen LogP contribution < -0.4 is 14.8 Å². The van der Waals surface area contributed by atoms with Crippen LogP contribution in [0.25, 0.3) is 0 Å². The number of benzene rings is 1. The number of amides is 1. The Kier molecular flexibility index (Phi) is 6.63. The Hall–Kier alpha value is -2.26. The third kappa shape index (κ3) is 4.40. The van der Waals surface area contributed by atoms with Crippen LogP contribution in [0.4, 0.5) is 18.9 Å². The zero-order valence-corrected chi connectivity index (χ0v) is 20.1. The van der Waals surface area contributed by atoms with E-state index in [1.54, 1.807) is 13.8 Å². The molecule has 3 heterocycles. The number of hydrogen-bond donors (Lipinski definition) is 2. The molecule has 1 amide bonds. The molecule has 2 aliphatic heterocycles. The van der Waals surface area contributed by atoms with Gasteiger partial charge in [-0.2, -0.15) is 4.31 Å². The number of sulfonamides is 1. The third-order valence-corrected chi connectivity index (χ3v) is 9.24. The molecule has 14 heteroatoms. The Morgan fingerprint density at radius 2 is 1.91 bits per heavy atom. The van der Waals surface area contributed by atoms with E-state index >= 15 is 0 Å². The van der Waals surface area contributed by atoms with Crippen molar-refractivity contribution in [2.24, 2.45) is 13.0 Å². The normalized spacial score (nSPS) is 23.1.